The molecule has 0 bridgehead atoms. The fourth-order valence-corrected chi connectivity index (χ4v) is 4.24. The summed E-state index contributed by atoms with van der Waals surface area (Å²) in [6, 6.07) is 37.8. The second kappa shape index (κ2) is 6.45. The normalized spacial score (nSPS) is 19.9. The Morgan fingerprint density at radius 3 is 1.36 bits per heavy atom. The van der Waals surface area contributed by atoms with Crippen LogP contribution in [0.2, 0.25) is 0 Å². The highest BCUT2D eigenvalue weighted by atomic mass is 16.6. The number of aliphatic hydroxyl groups is 1. The summed E-state index contributed by atoms with van der Waals surface area (Å²) < 4.78 is 6.72. The first kappa shape index (κ1) is 16.9. The van der Waals surface area contributed by atoms with Crippen molar-refractivity contribution in [2.75, 3.05) is 0 Å². The summed E-state index contributed by atoms with van der Waals surface area (Å²) in [5.41, 5.74) is 3.52. The van der Waals surface area contributed by atoms with E-state index in [-0.39, 0.29) is 0 Å². The van der Waals surface area contributed by atoms with Crippen LogP contribution in [-0.4, -0.2) is 5.11 Å². The summed E-state index contributed by atoms with van der Waals surface area (Å²) in [6.45, 7) is 0. The average molecular weight is 364 g/mol. The zero-order valence-electron chi connectivity index (χ0n) is 15.3. The van der Waals surface area contributed by atoms with Gasteiger partial charge in [0.2, 0.25) is 5.79 Å². The largest absolute Gasteiger partial charge is 0.358 e. The number of hydrogen-bond donors (Lipinski definition) is 1. The number of benzene rings is 4. The Bertz CT molecular complexity index is 1050. The van der Waals surface area contributed by atoms with Crippen LogP contribution >= 0.6 is 0 Å². The highest BCUT2D eigenvalue weighted by molar-refractivity contribution is 5.56. The summed E-state index contributed by atoms with van der Waals surface area (Å²) in [7, 11) is 0. The minimum Gasteiger partial charge on any atom is -0.358 e. The molecule has 0 saturated carbocycles. The lowest BCUT2D eigenvalue weighted by Crippen LogP contribution is -2.35. The highest BCUT2D eigenvalue weighted by Gasteiger charge is 2.55. The molecule has 0 amide bonds. The Labute approximate surface area is 164 Å². The predicted octanol–water partition coefficient (Wildman–Crippen LogP) is 5.20. The lowest BCUT2D eigenvalue weighted by Gasteiger charge is -2.34. The van der Waals surface area contributed by atoms with E-state index in [0.717, 1.165) is 27.8 Å². The van der Waals surface area contributed by atoms with E-state index < -0.39 is 11.4 Å². The van der Waals surface area contributed by atoms with Gasteiger partial charge in [0.25, 0.3) is 0 Å². The molecular formula is C26H20O2. The van der Waals surface area contributed by atoms with E-state index in [1.54, 1.807) is 0 Å². The van der Waals surface area contributed by atoms with Gasteiger partial charge in [0, 0.05) is 16.7 Å². The molecule has 1 aliphatic rings. The fourth-order valence-electron chi connectivity index (χ4n) is 4.24. The van der Waals surface area contributed by atoms with E-state index in [1.807, 2.05) is 84.9 Å². The van der Waals surface area contributed by atoms with Crippen LogP contribution in [0.5, 0.6) is 0 Å². The molecule has 1 aliphatic heterocycles. The first-order chi connectivity index (χ1) is 13.7. The summed E-state index contributed by atoms with van der Waals surface area (Å²) in [5.74, 6) is -1.54. The molecule has 0 aromatic heterocycles. The van der Waals surface area contributed by atoms with Gasteiger partial charge in [-0.25, -0.2) is 0 Å². The Morgan fingerprint density at radius 2 is 0.857 bits per heavy atom. The highest BCUT2D eigenvalue weighted by Crippen LogP contribution is 2.55. The van der Waals surface area contributed by atoms with Gasteiger partial charge < -0.3 is 9.84 Å². The van der Waals surface area contributed by atoms with Crippen LogP contribution < -0.4 is 0 Å². The Balaban J connectivity index is 1.85. The van der Waals surface area contributed by atoms with Crippen molar-refractivity contribution in [3.63, 3.8) is 0 Å². The molecule has 28 heavy (non-hydrogen) atoms. The molecule has 0 radical (unpaired) electrons. The van der Waals surface area contributed by atoms with Gasteiger partial charge in [0.15, 0.2) is 0 Å². The van der Waals surface area contributed by atoms with Crippen LogP contribution in [0, 0.1) is 0 Å². The molecule has 2 heteroatoms. The van der Waals surface area contributed by atoms with Crippen LogP contribution in [-0.2, 0) is 16.1 Å². The zero-order valence-corrected chi connectivity index (χ0v) is 15.3. The second-order valence-electron chi connectivity index (χ2n) is 7.07. The van der Waals surface area contributed by atoms with E-state index in [4.69, 9.17) is 4.74 Å². The Morgan fingerprint density at radius 1 is 0.464 bits per heavy atom. The fraction of sp³-hybridized carbons (Fsp3) is 0.0769. The summed E-state index contributed by atoms with van der Waals surface area (Å²) in [6.07, 6.45) is 0. The van der Waals surface area contributed by atoms with Crippen molar-refractivity contribution in [2.24, 2.45) is 0 Å². The topological polar surface area (TPSA) is 29.5 Å². The van der Waals surface area contributed by atoms with Crippen LogP contribution in [0.15, 0.2) is 115 Å². The van der Waals surface area contributed by atoms with Crippen LogP contribution in [0.25, 0.3) is 0 Å². The molecule has 0 fully saturated rings. The van der Waals surface area contributed by atoms with E-state index in [0.29, 0.717) is 0 Å². The van der Waals surface area contributed by atoms with Crippen molar-refractivity contribution >= 4 is 0 Å². The Kier molecular flexibility index (Phi) is 3.90. The molecule has 136 valence electrons. The van der Waals surface area contributed by atoms with Gasteiger partial charge in [-0.15, -0.1) is 0 Å². The summed E-state index contributed by atoms with van der Waals surface area (Å²) in [5, 5.41) is 11.9. The maximum atomic E-state index is 11.9. The zero-order chi connectivity index (χ0) is 19.0. The molecule has 1 N–H and O–H groups in total. The van der Waals surface area contributed by atoms with Gasteiger partial charge in [0.1, 0.15) is 5.60 Å². The van der Waals surface area contributed by atoms with Crippen molar-refractivity contribution in [1.82, 2.24) is 0 Å². The van der Waals surface area contributed by atoms with Gasteiger partial charge in [-0.2, -0.15) is 0 Å². The van der Waals surface area contributed by atoms with Crippen LogP contribution in [0.1, 0.15) is 27.8 Å². The third-order valence-corrected chi connectivity index (χ3v) is 5.50. The number of fused-ring (bicyclic) bond motifs is 1. The SMILES string of the molecule is O[C@@]1(c2ccccc2)OC(c2ccccc2)(c2ccccc2)c2ccccc21. The third-order valence-electron chi connectivity index (χ3n) is 5.50. The van der Waals surface area contributed by atoms with Gasteiger partial charge in [-0.1, -0.05) is 115 Å². The molecule has 4 aromatic rings. The van der Waals surface area contributed by atoms with Crippen molar-refractivity contribution in [3.05, 3.63) is 143 Å². The van der Waals surface area contributed by atoms with Crippen molar-refractivity contribution in [3.8, 4) is 0 Å². The predicted molar refractivity (Wildman–Crippen MR) is 110 cm³/mol. The number of rotatable bonds is 3. The minimum absolute atomic E-state index is 0.719. The smallest absolute Gasteiger partial charge is 0.221 e. The number of ether oxygens (including phenoxy) is 1. The molecule has 2 nitrogen and oxygen atoms in total. The van der Waals surface area contributed by atoms with Gasteiger partial charge in [0.05, 0.1) is 0 Å². The molecule has 0 aliphatic carbocycles. The summed E-state index contributed by atoms with van der Waals surface area (Å²) >= 11 is 0. The molecule has 5 rings (SSSR count). The van der Waals surface area contributed by atoms with E-state index in [9.17, 15) is 5.11 Å². The maximum absolute atomic E-state index is 11.9. The first-order valence-electron chi connectivity index (χ1n) is 9.44. The molecular weight excluding hydrogens is 344 g/mol. The lowest BCUT2D eigenvalue weighted by molar-refractivity contribution is -0.208. The molecule has 0 spiro atoms. The van der Waals surface area contributed by atoms with Crippen LogP contribution in [0.4, 0.5) is 0 Å². The van der Waals surface area contributed by atoms with E-state index in [1.165, 1.54) is 0 Å². The molecule has 4 aromatic carbocycles. The van der Waals surface area contributed by atoms with Gasteiger partial charge in [-0.3, -0.25) is 0 Å². The summed E-state index contributed by atoms with van der Waals surface area (Å²) in [4.78, 5) is 0. The monoisotopic (exact) mass is 364 g/mol. The molecule has 0 saturated heterocycles. The van der Waals surface area contributed by atoms with Crippen molar-refractivity contribution < 1.29 is 9.84 Å². The molecule has 1 atom stereocenters. The van der Waals surface area contributed by atoms with Crippen molar-refractivity contribution in [2.45, 2.75) is 11.4 Å². The lowest BCUT2D eigenvalue weighted by atomic mass is 9.79. The average Bonchev–Trinajstić information content (AvgIpc) is 3.07. The van der Waals surface area contributed by atoms with Crippen molar-refractivity contribution in [1.29, 1.82) is 0 Å². The van der Waals surface area contributed by atoms with E-state index >= 15 is 0 Å². The van der Waals surface area contributed by atoms with E-state index in [2.05, 4.69) is 30.3 Å². The molecule has 1 heterocycles. The standard InChI is InChI=1S/C26H20O2/c27-26(22-16-8-3-9-17-22)24-19-11-10-18-23(24)25(28-26,20-12-4-1-5-13-20)21-14-6-2-7-15-21/h1-19,27H/t26-/m0/s1. The minimum atomic E-state index is -1.54. The number of hydrogen-bond acceptors (Lipinski definition) is 2. The quantitative estimate of drug-likeness (QED) is 0.541. The maximum Gasteiger partial charge on any atom is 0.221 e. The first-order valence-corrected chi connectivity index (χ1v) is 9.44. The van der Waals surface area contributed by atoms with Crippen LogP contribution in [0.3, 0.4) is 0 Å². The Hall–Kier alpha value is -3.20. The second-order valence-corrected chi connectivity index (χ2v) is 7.07. The molecule has 0 unspecified atom stereocenters. The third kappa shape index (κ3) is 2.36. The van der Waals surface area contributed by atoms with Gasteiger partial charge >= 0.3 is 0 Å². The van der Waals surface area contributed by atoms with Gasteiger partial charge in [-0.05, 0) is 11.1 Å².